The van der Waals surface area contributed by atoms with E-state index in [0.717, 1.165) is 12.0 Å². The molecule has 0 aromatic heterocycles. The monoisotopic (exact) mass is 285 g/mol. The number of hydrogen-bond acceptors (Lipinski definition) is 1. The highest BCUT2D eigenvalue weighted by atomic mass is 19.1. The van der Waals surface area contributed by atoms with E-state index in [1.165, 1.54) is 17.7 Å². The lowest BCUT2D eigenvalue weighted by molar-refractivity contribution is 0.365. The van der Waals surface area contributed by atoms with Gasteiger partial charge < -0.3 is 5.32 Å². The van der Waals surface area contributed by atoms with Crippen LogP contribution in [0.1, 0.15) is 44.4 Å². The Kier molecular flexibility index (Phi) is 5.51. The van der Waals surface area contributed by atoms with Crippen LogP contribution in [-0.2, 0) is 0 Å². The lowest BCUT2D eigenvalue weighted by Gasteiger charge is -2.28. The fourth-order valence-corrected chi connectivity index (χ4v) is 2.68. The quantitative estimate of drug-likeness (QED) is 0.792. The summed E-state index contributed by atoms with van der Waals surface area (Å²) in [4.78, 5) is 0. The molecule has 0 saturated carbocycles. The van der Waals surface area contributed by atoms with E-state index in [1.807, 2.05) is 30.3 Å². The molecule has 1 N–H and O–H groups in total. The van der Waals surface area contributed by atoms with Crippen LogP contribution in [0.5, 0.6) is 0 Å². The Hall–Kier alpha value is -1.67. The number of rotatable bonds is 6. The SMILES string of the molecule is CCC(NC(c1ccccc1)c1ccc(F)cc1)C(C)C. The van der Waals surface area contributed by atoms with Crippen LogP contribution in [0.15, 0.2) is 54.6 Å². The van der Waals surface area contributed by atoms with Crippen molar-refractivity contribution in [2.45, 2.75) is 39.3 Å². The highest BCUT2D eigenvalue weighted by Gasteiger charge is 2.19. The highest BCUT2D eigenvalue weighted by molar-refractivity contribution is 5.32. The van der Waals surface area contributed by atoms with E-state index in [0.29, 0.717) is 12.0 Å². The molecule has 1 nitrogen and oxygen atoms in total. The fourth-order valence-electron chi connectivity index (χ4n) is 2.68. The molecule has 112 valence electrons. The molecule has 0 radical (unpaired) electrons. The summed E-state index contributed by atoms with van der Waals surface area (Å²) in [7, 11) is 0. The normalized spacial score (nSPS) is 14.1. The molecule has 0 aliphatic carbocycles. The van der Waals surface area contributed by atoms with E-state index in [-0.39, 0.29) is 11.9 Å². The van der Waals surface area contributed by atoms with E-state index in [9.17, 15) is 4.39 Å². The molecule has 0 fully saturated rings. The van der Waals surface area contributed by atoms with Gasteiger partial charge in [-0.15, -0.1) is 0 Å². The van der Waals surface area contributed by atoms with E-state index < -0.39 is 0 Å². The van der Waals surface area contributed by atoms with Gasteiger partial charge in [-0.3, -0.25) is 0 Å². The van der Waals surface area contributed by atoms with Crippen molar-refractivity contribution in [2.24, 2.45) is 5.92 Å². The number of halogens is 1. The van der Waals surface area contributed by atoms with Crippen molar-refractivity contribution in [3.63, 3.8) is 0 Å². The Labute approximate surface area is 127 Å². The zero-order valence-electron chi connectivity index (χ0n) is 13.0. The van der Waals surface area contributed by atoms with Crippen LogP contribution < -0.4 is 5.32 Å². The van der Waals surface area contributed by atoms with Crippen LogP contribution in [-0.4, -0.2) is 6.04 Å². The van der Waals surface area contributed by atoms with E-state index in [1.54, 1.807) is 0 Å². The maximum atomic E-state index is 13.2. The van der Waals surface area contributed by atoms with Crippen LogP contribution in [0.2, 0.25) is 0 Å². The van der Waals surface area contributed by atoms with Crippen molar-refractivity contribution in [3.8, 4) is 0 Å². The summed E-state index contributed by atoms with van der Waals surface area (Å²) in [6, 6.07) is 17.7. The molecule has 2 aromatic rings. The van der Waals surface area contributed by atoms with Crippen LogP contribution in [0.4, 0.5) is 4.39 Å². The first-order valence-corrected chi connectivity index (χ1v) is 7.68. The molecule has 0 heterocycles. The van der Waals surface area contributed by atoms with Crippen molar-refractivity contribution in [1.82, 2.24) is 5.32 Å². The second-order valence-electron chi connectivity index (χ2n) is 5.82. The summed E-state index contributed by atoms with van der Waals surface area (Å²) in [6.45, 7) is 6.66. The van der Waals surface area contributed by atoms with Gasteiger partial charge in [-0.1, -0.05) is 63.2 Å². The Bertz CT molecular complexity index is 533. The van der Waals surface area contributed by atoms with E-state index >= 15 is 0 Å². The van der Waals surface area contributed by atoms with Gasteiger partial charge in [0.15, 0.2) is 0 Å². The summed E-state index contributed by atoms with van der Waals surface area (Å²) in [6.07, 6.45) is 1.07. The second-order valence-corrected chi connectivity index (χ2v) is 5.82. The summed E-state index contributed by atoms with van der Waals surface area (Å²) >= 11 is 0. The molecule has 2 atom stereocenters. The minimum atomic E-state index is -0.193. The number of hydrogen-bond donors (Lipinski definition) is 1. The summed E-state index contributed by atoms with van der Waals surface area (Å²) in [5, 5.41) is 3.73. The first kappa shape index (κ1) is 15.7. The molecular formula is C19H24FN. The standard InChI is InChI=1S/C19H24FN/c1-4-18(14(2)3)21-19(15-8-6-5-7-9-15)16-10-12-17(20)13-11-16/h5-14,18-19,21H,4H2,1-3H3. The molecule has 0 aliphatic rings. The smallest absolute Gasteiger partial charge is 0.123 e. The third-order valence-electron chi connectivity index (χ3n) is 3.96. The van der Waals surface area contributed by atoms with Gasteiger partial charge >= 0.3 is 0 Å². The third-order valence-corrected chi connectivity index (χ3v) is 3.96. The first-order chi connectivity index (χ1) is 10.1. The molecule has 0 bridgehead atoms. The molecule has 0 spiro atoms. The van der Waals surface area contributed by atoms with E-state index in [4.69, 9.17) is 0 Å². The van der Waals surface area contributed by atoms with E-state index in [2.05, 4.69) is 38.2 Å². The van der Waals surface area contributed by atoms with Crippen LogP contribution in [0, 0.1) is 11.7 Å². The van der Waals surface area contributed by atoms with Crippen molar-refractivity contribution in [3.05, 3.63) is 71.5 Å². The zero-order valence-corrected chi connectivity index (χ0v) is 13.0. The predicted molar refractivity (Wildman–Crippen MR) is 86.7 cm³/mol. The van der Waals surface area contributed by atoms with Crippen LogP contribution in [0.25, 0.3) is 0 Å². The Morgan fingerprint density at radius 2 is 1.48 bits per heavy atom. The second kappa shape index (κ2) is 7.37. The maximum absolute atomic E-state index is 13.2. The van der Waals surface area contributed by atoms with Gasteiger partial charge in [0.05, 0.1) is 6.04 Å². The third kappa shape index (κ3) is 4.15. The molecule has 2 unspecified atom stereocenters. The Balaban J connectivity index is 2.33. The Morgan fingerprint density at radius 3 is 2.00 bits per heavy atom. The molecular weight excluding hydrogens is 261 g/mol. The predicted octanol–water partition coefficient (Wildman–Crippen LogP) is 4.94. The van der Waals surface area contributed by atoms with Crippen molar-refractivity contribution < 1.29 is 4.39 Å². The summed E-state index contributed by atoms with van der Waals surface area (Å²) in [5.74, 6) is 0.364. The molecule has 2 rings (SSSR count). The minimum absolute atomic E-state index is 0.0964. The number of nitrogens with one attached hydrogen (secondary N) is 1. The first-order valence-electron chi connectivity index (χ1n) is 7.68. The van der Waals surface area contributed by atoms with Crippen molar-refractivity contribution >= 4 is 0 Å². The molecule has 0 saturated heterocycles. The van der Waals surface area contributed by atoms with Crippen LogP contribution >= 0.6 is 0 Å². The topological polar surface area (TPSA) is 12.0 Å². The van der Waals surface area contributed by atoms with Gasteiger partial charge in [0.2, 0.25) is 0 Å². The average Bonchev–Trinajstić information content (AvgIpc) is 2.50. The summed E-state index contributed by atoms with van der Waals surface area (Å²) < 4.78 is 13.2. The number of benzene rings is 2. The molecule has 0 amide bonds. The van der Waals surface area contributed by atoms with Gasteiger partial charge in [0.1, 0.15) is 5.82 Å². The van der Waals surface area contributed by atoms with Gasteiger partial charge in [0.25, 0.3) is 0 Å². The maximum Gasteiger partial charge on any atom is 0.123 e. The minimum Gasteiger partial charge on any atom is -0.303 e. The largest absolute Gasteiger partial charge is 0.303 e. The molecule has 0 aliphatic heterocycles. The molecule has 21 heavy (non-hydrogen) atoms. The molecule has 2 aromatic carbocycles. The zero-order chi connectivity index (χ0) is 15.2. The van der Waals surface area contributed by atoms with Crippen molar-refractivity contribution in [1.29, 1.82) is 0 Å². The highest BCUT2D eigenvalue weighted by Crippen LogP contribution is 2.24. The lowest BCUT2D eigenvalue weighted by atomic mass is 9.94. The molecule has 2 heteroatoms. The van der Waals surface area contributed by atoms with Crippen molar-refractivity contribution in [2.75, 3.05) is 0 Å². The van der Waals surface area contributed by atoms with Gasteiger partial charge in [-0.2, -0.15) is 0 Å². The fraction of sp³-hybridized carbons (Fsp3) is 0.368. The van der Waals surface area contributed by atoms with Crippen LogP contribution in [0.3, 0.4) is 0 Å². The average molecular weight is 285 g/mol. The Morgan fingerprint density at radius 1 is 0.905 bits per heavy atom. The van der Waals surface area contributed by atoms with Gasteiger partial charge in [0, 0.05) is 6.04 Å². The van der Waals surface area contributed by atoms with Gasteiger partial charge in [-0.05, 0) is 35.6 Å². The van der Waals surface area contributed by atoms with Gasteiger partial charge in [-0.25, -0.2) is 4.39 Å². The lowest BCUT2D eigenvalue weighted by Crippen LogP contribution is -2.36. The summed E-state index contributed by atoms with van der Waals surface area (Å²) in [5.41, 5.74) is 2.31.